The van der Waals surface area contributed by atoms with Gasteiger partial charge in [0.1, 0.15) is 5.58 Å². The fraction of sp³-hybridized carbons (Fsp3) is 0.360. The van der Waals surface area contributed by atoms with E-state index in [0.717, 1.165) is 13.1 Å². The number of nitrogens with zero attached hydrogens (tertiary/aromatic N) is 2. The molecule has 178 valence electrons. The van der Waals surface area contributed by atoms with Gasteiger partial charge >= 0.3 is 0 Å². The maximum absolute atomic E-state index is 13.7. The Balaban J connectivity index is 1.67. The Morgan fingerprint density at radius 1 is 1.06 bits per heavy atom. The largest absolute Gasteiger partial charge is 0.493 e. The molecule has 0 spiro atoms. The number of ether oxygens (including phenoxy) is 3. The number of fused-ring (bicyclic) bond motifs is 2. The van der Waals surface area contributed by atoms with E-state index in [9.17, 15) is 9.59 Å². The molecule has 0 radical (unpaired) electrons. The third kappa shape index (κ3) is 3.81. The first kappa shape index (κ1) is 22.7. The maximum atomic E-state index is 13.7. The summed E-state index contributed by atoms with van der Waals surface area (Å²) in [6.45, 7) is 3.96. The highest BCUT2D eigenvalue weighted by Crippen LogP contribution is 2.44. The summed E-state index contributed by atoms with van der Waals surface area (Å²) in [5.74, 6) is 0.712. The number of halogens is 1. The number of methoxy groups -OCH3 is 2. The molecule has 1 amide bonds. The van der Waals surface area contributed by atoms with E-state index < -0.39 is 6.04 Å². The minimum atomic E-state index is -0.687. The Kier molecular flexibility index (Phi) is 6.20. The van der Waals surface area contributed by atoms with E-state index in [4.69, 9.17) is 30.2 Å². The third-order valence-electron chi connectivity index (χ3n) is 6.42. The number of hydrogen-bond donors (Lipinski definition) is 0. The van der Waals surface area contributed by atoms with Gasteiger partial charge in [0.25, 0.3) is 5.91 Å². The summed E-state index contributed by atoms with van der Waals surface area (Å²) in [5, 5.41) is 0.754. The summed E-state index contributed by atoms with van der Waals surface area (Å²) < 4.78 is 22.6. The van der Waals surface area contributed by atoms with Crippen molar-refractivity contribution in [2.24, 2.45) is 0 Å². The van der Waals surface area contributed by atoms with Gasteiger partial charge in [-0.1, -0.05) is 23.7 Å². The van der Waals surface area contributed by atoms with Crippen molar-refractivity contribution >= 4 is 28.5 Å². The molecule has 3 heterocycles. The molecule has 1 saturated heterocycles. The van der Waals surface area contributed by atoms with Gasteiger partial charge in [-0.15, -0.1) is 0 Å². The van der Waals surface area contributed by atoms with Crippen molar-refractivity contribution in [3.8, 4) is 11.5 Å². The van der Waals surface area contributed by atoms with Gasteiger partial charge in [0.2, 0.25) is 5.76 Å². The van der Waals surface area contributed by atoms with Crippen LogP contribution in [0.1, 0.15) is 27.7 Å². The van der Waals surface area contributed by atoms with E-state index in [2.05, 4.69) is 4.90 Å². The molecule has 2 aliphatic rings. The molecule has 8 nitrogen and oxygen atoms in total. The number of benzene rings is 2. The highest BCUT2D eigenvalue weighted by atomic mass is 35.5. The average Bonchev–Trinajstić information content (AvgIpc) is 3.14. The normalized spacial score (nSPS) is 18.4. The summed E-state index contributed by atoms with van der Waals surface area (Å²) >= 11 is 6.17. The van der Waals surface area contributed by atoms with Crippen LogP contribution in [0.15, 0.2) is 45.6 Å². The molecule has 9 heteroatoms. The van der Waals surface area contributed by atoms with E-state index in [1.165, 1.54) is 0 Å². The predicted molar refractivity (Wildman–Crippen MR) is 127 cm³/mol. The highest BCUT2D eigenvalue weighted by molar-refractivity contribution is 6.31. The fourth-order valence-electron chi connectivity index (χ4n) is 4.75. The Hall–Kier alpha value is -3.07. The van der Waals surface area contributed by atoms with Crippen molar-refractivity contribution in [2.45, 2.75) is 6.04 Å². The van der Waals surface area contributed by atoms with E-state index in [0.29, 0.717) is 59.4 Å². The fourth-order valence-corrected chi connectivity index (χ4v) is 4.92. The van der Waals surface area contributed by atoms with Crippen LogP contribution in [0.4, 0.5) is 0 Å². The van der Waals surface area contributed by atoms with Crippen LogP contribution in [-0.2, 0) is 4.74 Å². The van der Waals surface area contributed by atoms with Gasteiger partial charge in [-0.05, 0) is 24.3 Å². The minimum absolute atomic E-state index is 0.0525. The van der Waals surface area contributed by atoms with Gasteiger partial charge in [0.05, 0.1) is 44.4 Å². The van der Waals surface area contributed by atoms with Crippen molar-refractivity contribution in [1.29, 1.82) is 0 Å². The van der Waals surface area contributed by atoms with E-state index in [-0.39, 0.29) is 22.7 Å². The summed E-state index contributed by atoms with van der Waals surface area (Å²) in [4.78, 5) is 31.3. The smallest absolute Gasteiger partial charge is 0.290 e. The summed E-state index contributed by atoms with van der Waals surface area (Å²) in [6, 6.07) is 9.58. The van der Waals surface area contributed by atoms with E-state index in [1.807, 2.05) is 12.1 Å². The minimum Gasteiger partial charge on any atom is -0.493 e. The van der Waals surface area contributed by atoms with Gasteiger partial charge in [-0.3, -0.25) is 14.5 Å². The molecular formula is C25H25ClN2O6. The van der Waals surface area contributed by atoms with Crippen LogP contribution in [0.3, 0.4) is 0 Å². The molecule has 5 rings (SSSR count). The second-order valence-electron chi connectivity index (χ2n) is 8.25. The lowest BCUT2D eigenvalue weighted by Gasteiger charge is -2.31. The molecule has 0 N–H and O–H groups in total. The zero-order valence-electron chi connectivity index (χ0n) is 19.0. The predicted octanol–water partition coefficient (Wildman–Crippen LogP) is 3.34. The van der Waals surface area contributed by atoms with Crippen LogP contribution < -0.4 is 14.9 Å². The van der Waals surface area contributed by atoms with Gasteiger partial charge < -0.3 is 23.5 Å². The van der Waals surface area contributed by atoms with Gasteiger partial charge in [-0.25, -0.2) is 0 Å². The molecular weight excluding hydrogens is 460 g/mol. The van der Waals surface area contributed by atoms with Crippen molar-refractivity contribution in [1.82, 2.24) is 9.80 Å². The van der Waals surface area contributed by atoms with Gasteiger partial charge in [-0.2, -0.15) is 0 Å². The number of amides is 1. The molecule has 0 bridgehead atoms. The van der Waals surface area contributed by atoms with Crippen molar-refractivity contribution < 1.29 is 23.4 Å². The third-order valence-corrected chi connectivity index (χ3v) is 6.65. The zero-order valence-corrected chi connectivity index (χ0v) is 19.8. The monoisotopic (exact) mass is 484 g/mol. The van der Waals surface area contributed by atoms with E-state index in [1.54, 1.807) is 43.4 Å². The number of rotatable bonds is 6. The van der Waals surface area contributed by atoms with Crippen LogP contribution in [-0.4, -0.2) is 69.3 Å². The van der Waals surface area contributed by atoms with E-state index >= 15 is 0 Å². The first-order chi connectivity index (χ1) is 16.5. The van der Waals surface area contributed by atoms with Crippen LogP contribution in [0.2, 0.25) is 5.02 Å². The van der Waals surface area contributed by atoms with Crippen LogP contribution in [0, 0.1) is 0 Å². The number of morpholine rings is 1. The Labute approximate surface area is 201 Å². The molecule has 2 aromatic carbocycles. The molecule has 2 aliphatic heterocycles. The van der Waals surface area contributed by atoms with Crippen LogP contribution in [0.25, 0.3) is 11.0 Å². The molecule has 3 aromatic rings. The molecule has 1 atom stereocenters. The molecule has 1 aromatic heterocycles. The Morgan fingerprint density at radius 2 is 1.85 bits per heavy atom. The lowest BCUT2D eigenvalue weighted by Crippen LogP contribution is -2.42. The average molecular weight is 485 g/mol. The van der Waals surface area contributed by atoms with Crippen molar-refractivity contribution in [2.75, 3.05) is 53.6 Å². The SMILES string of the molecule is COc1cccc(C2c3c(oc4ccc(Cl)cc4c3=O)C(=O)N2CCN2CCOCC2)c1OC. The maximum Gasteiger partial charge on any atom is 0.290 e. The highest BCUT2D eigenvalue weighted by Gasteiger charge is 2.44. The van der Waals surface area contributed by atoms with Crippen molar-refractivity contribution in [3.63, 3.8) is 0 Å². The quantitative estimate of drug-likeness (QED) is 0.530. The molecule has 0 saturated carbocycles. The summed E-state index contributed by atoms with van der Waals surface area (Å²) in [6.07, 6.45) is 0. The molecule has 0 aliphatic carbocycles. The second-order valence-corrected chi connectivity index (χ2v) is 8.69. The number of carbonyl (C=O) groups is 1. The molecule has 34 heavy (non-hydrogen) atoms. The molecule has 1 unspecified atom stereocenters. The topological polar surface area (TPSA) is 81.5 Å². The number of para-hydroxylation sites is 1. The summed E-state index contributed by atoms with van der Waals surface area (Å²) in [7, 11) is 3.09. The summed E-state index contributed by atoms with van der Waals surface area (Å²) in [5.41, 5.74) is 0.988. The first-order valence-electron chi connectivity index (χ1n) is 11.1. The second kappa shape index (κ2) is 9.29. The number of hydrogen-bond acceptors (Lipinski definition) is 7. The van der Waals surface area contributed by atoms with Gasteiger partial charge in [0.15, 0.2) is 16.9 Å². The van der Waals surface area contributed by atoms with Crippen LogP contribution in [0.5, 0.6) is 11.5 Å². The van der Waals surface area contributed by atoms with Crippen LogP contribution >= 0.6 is 11.6 Å². The number of carbonyl (C=O) groups excluding carboxylic acids is 1. The van der Waals surface area contributed by atoms with Gasteiger partial charge in [0, 0.05) is 36.8 Å². The molecule has 1 fully saturated rings. The Bertz CT molecular complexity index is 1300. The lowest BCUT2D eigenvalue weighted by atomic mass is 9.97. The zero-order chi connectivity index (χ0) is 23.8. The Morgan fingerprint density at radius 3 is 2.59 bits per heavy atom. The van der Waals surface area contributed by atoms with Crippen molar-refractivity contribution in [3.05, 3.63) is 68.5 Å². The standard InChI is InChI=1S/C25H25ClN2O6/c1-31-19-5-3-4-16(23(19)32-2)21-20-22(29)17-14-15(26)6-7-18(17)34-24(20)25(30)28(21)9-8-27-10-12-33-13-11-27/h3-7,14,21H,8-13H2,1-2H3. The lowest BCUT2D eigenvalue weighted by molar-refractivity contribution is 0.0314. The first-order valence-corrected chi connectivity index (χ1v) is 11.5.